The molecule has 6 nitrogen and oxygen atoms in total. The molecule has 6 heteroatoms. The van der Waals surface area contributed by atoms with Crippen LogP contribution in [0.3, 0.4) is 0 Å². The molecule has 1 aromatic rings. The van der Waals surface area contributed by atoms with Gasteiger partial charge in [0.15, 0.2) is 5.82 Å². The normalized spacial score (nSPS) is 11.9. The maximum absolute atomic E-state index is 11.7. The van der Waals surface area contributed by atoms with Crippen LogP contribution in [0.1, 0.15) is 13.8 Å². The van der Waals surface area contributed by atoms with Gasteiger partial charge < -0.3 is 14.6 Å². The summed E-state index contributed by atoms with van der Waals surface area (Å²) in [6.07, 6.45) is 3.10. The molecule has 1 heterocycles. The summed E-state index contributed by atoms with van der Waals surface area (Å²) in [6, 6.07) is -0.599. The fourth-order valence-corrected chi connectivity index (χ4v) is 1.24. The molecular weight excluding hydrogens is 210 g/mol. The number of nitrogens with zero attached hydrogens (tertiary/aromatic N) is 2. The lowest BCUT2D eigenvalue weighted by molar-refractivity contribution is -0.141. The molecule has 0 bridgehead atoms. The monoisotopic (exact) mass is 225 g/mol. The van der Waals surface area contributed by atoms with Crippen LogP contribution in [0.5, 0.6) is 0 Å². The molecule has 0 fully saturated rings. The first-order chi connectivity index (χ1) is 7.60. The highest BCUT2D eigenvalue weighted by atomic mass is 16.5. The number of ether oxygens (including phenoxy) is 1. The van der Waals surface area contributed by atoms with Crippen molar-refractivity contribution in [1.29, 1.82) is 0 Å². The number of carbonyl (C=O) groups excluding carboxylic acids is 1. The molecule has 1 atom stereocenters. The molecule has 0 amide bonds. The van der Waals surface area contributed by atoms with Crippen LogP contribution in [0.4, 0.5) is 5.82 Å². The van der Waals surface area contributed by atoms with Crippen LogP contribution in [0.25, 0.3) is 0 Å². The lowest BCUT2D eigenvalue weighted by atomic mass is 10.3. The Morgan fingerprint density at radius 1 is 1.69 bits per heavy atom. The van der Waals surface area contributed by atoms with Crippen molar-refractivity contribution in [2.75, 3.05) is 12.4 Å². The summed E-state index contributed by atoms with van der Waals surface area (Å²) in [5.41, 5.74) is -0.249. The van der Waals surface area contributed by atoms with Crippen molar-refractivity contribution in [3.05, 3.63) is 22.7 Å². The highest BCUT2D eigenvalue weighted by Gasteiger charge is 2.15. The van der Waals surface area contributed by atoms with Crippen LogP contribution >= 0.6 is 0 Å². The van der Waals surface area contributed by atoms with Gasteiger partial charge in [0.2, 0.25) is 0 Å². The second kappa shape index (κ2) is 5.29. The van der Waals surface area contributed by atoms with E-state index in [1.54, 1.807) is 13.1 Å². The molecule has 16 heavy (non-hydrogen) atoms. The minimum absolute atomic E-state index is 0.155. The van der Waals surface area contributed by atoms with Crippen molar-refractivity contribution < 1.29 is 9.53 Å². The Balaban J connectivity index is 2.90. The molecule has 0 aliphatic heterocycles. The summed E-state index contributed by atoms with van der Waals surface area (Å²) >= 11 is 0. The highest BCUT2D eigenvalue weighted by Crippen LogP contribution is 1.98. The third-order valence-corrected chi connectivity index (χ3v) is 2.16. The number of hydrogen-bond donors (Lipinski definition) is 1. The van der Waals surface area contributed by atoms with Crippen LogP contribution < -0.4 is 10.9 Å². The summed E-state index contributed by atoms with van der Waals surface area (Å²) in [4.78, 5) is 26.8. The Morgan fingerprint density at radius 3 is 2.94 bits per heavy atom. The van der Waals surface area contributed by atoms with Gasteiger partial charge in [-0.2, -0.15) is 0 Å². The number of aromatic nitrogens is 2. The molecule has 88 valence electrons. The molecule has 1 N–H and O–H groups in total. The average molecular weight is 225 g/mol. The molecule has 0 saturated carbocycles. The van der Waals surface area contributed by atoms with E-state index >= 15 is 0 Å². The van der Waals surface area contributed by atoms with Gasteiger partial charge in [-0.05, 0) is 13.8 Å². The second-order valence-corrected chi connectivity index (χ2v) is 3.26. The van der Waals surface area contributed by atoms with E-state index in [9.17, 15) is 9.59 Å². The van der Waals surface area contributed by atoms with Crippen molar-refractivity contribution in [2.24, 2.45) is 0 Å². The number of aryl methyl sites for hydroxylation is 1. The lowest BCUT2D eigenvalue weighted by Crippen LogP contribution is -2.32. The lowest BCUT2D eigenvalue weighted by Gasteiger charge is -2.12. The van der Waals surface area contributed by atoms with E-state index in [2.05, 4.69) is 15.0 Å². The summed E-state index contributed by atoms with van der Waals surface area (Å²) in [5, 5.41) is 2.72. The molecule has 0 saturated heterocycles. The molecule has 1 rings (SSSR count). The van der Waals surface area contributed by atoms with Gasteiger partial charge in [0.1, 0.15) is 6.04 Å². The standard InChI is InChI=1S/C10H15N3O3/c1-4-13-6-5-11-8(9(13)14)12-7(2)10(15)16-3/h5-7H,4H2,1-3H3,(H,11,12). The van der Waals surface area contributed by atoms with E-state index < -0.39 is 12.0 Å². The number of nitrogens with one attached hydrogen (secondary N) is 1. The van der Waals surface area contributed by atoms with Gasteiger partial charge in [-0.15, -0.1) is 0 Å². The predicted molar refractivity (Wildman–Crippen MR) is 59.3 cm³/mol. The summed E-state index contributed by atoms with van der Waals surface area (Å²) in [6.45, 7) is 4.02. The minimum Gasteiger partial charge on any atom is -0.467 e. The van der Waals surface area contributed by atoms with Crippen LogP contribution in [0.2, 0.25) is 0 Å². The average Bonchev–Trinajstić information content (AvgIpc) is 2.30. The molecule has 1 unspecified atom stereocenters. The summed E-state index contributed by atoms with van der Waals surface area (Å²) in [5.74, 6) is -0.282. The zero-order chi connectivity index (χ0) is 12.1. The Kier molecular flexibility index (Phi) is 4.04. The van der Waals surface area contributed by atoms with E-state index in [4.69, 9.17) is 0 Å². The third-order valence-electron chi connectivity index (χ3n) is 2.16. The molecule has 1 aromatic heterocycles. The Labute approximate surface area is 93.3 Å². The van der Waals surface area contributed by atoms with E-state index in [0.29, 0.717) is 6.54 Å². The topological polar surface area (TPSA) is 73.2 Å². The Hall–Kier alpha value is -1.85. The quantitative estimate of drug-likeness (QED) is 0.743. The van der Waals surface area contributed by atoms with Gasteiger partial charge in [-0.3, -0.25) is 4.79 Å². The fraction of sp³-hybridized carbons (Fsp3) is 0.500. The van der Waals surface area contributed by atoms with E-state index in [0.717, 1.165) is 0 Å². The first-order valence-electron chi connectivity index (χ1n) is 5.00. The fourth-order valence-electron chi connectivity index (χ4n) is 1.24. The highest BCUT2D eigenvalue weighted by molar-refractivity contribution is 5.78. The molecule has 0 aliphatic carbocycles. The van der Waals surface area contributed by atoms with Crippen molar-refractivity contribution in [3.63, 3.8) is 0 Å². The van der Waals surface area contributed by atoms with Gasteiger partial charge >= 0.3 is 5.97 Å². The SMILES string of the molecule is CCn1ccnc(NC(C)C(=O)OC)c1=O. The van der Waals surface area contributed by atoms with Crippen molar-refractivity contribution in [3.8, 4) is 0 Å². The number of esters is 1. The minimum atomic E-state index is -0.599. The second-order valence-electron chi connectivity index (χ2n) is 3.26. The smallest absolute Gasteiger partial charge is 0.328 e. The van der Waals surface area contributed by atoms with Crippen molar-refractivity contribution in [2.45, 2.75) is 26.4 Å². The number of anilines is 1. The summed E-state index contributed by atoms with van der Waals surface area (Å²) < 4.78 is 6.04. The first-order valence-corrected chi connectivity index (χ1v) is 5.00. The van der Waals surface area contributed by atoms with Crippen molar-refractivity contribution >= 4 is 11.8 Å². The molecule has 0 aromatic carbocycles. The maximum Gasteiger partial charge on any atom is 0.328 e. The first kappa shape index (κ1) is 12.2. The maximum atomic E-state index is 11.7. The number of hydrogen-bond acceptors (Lipinski definition) is 5. The zero-order valence-corrected chi connectivity index (χ0v) is 9.56. The molecule has 0 radical (unpaired) electrons. The van der Waals surface area contributed by atoms with Crippen molar-refractivity contribution in [1.82, 2.24) is 9.55 Å². The van der Waals surface area contributed by atoms with Crippen LogP contribution in [-0.4, -0.2) is 28.7 Å². The van der Waals surface area contributed by atoms with Gasteiger partial charge in [0, 0.05) is 18.9 Å². The summed E-state index contributed by atoms with van der Waals surface area (Å²) in [7, 11) is 1.29. The van der Waals surface area contributed by atoms with Crippen LogP contribution in [-0.2, 0) is 16.1 Å². The van der Waals surface area contributed by atoms with E-state index in [1.165, 1.54) is 17.9 Å². The van der Waals surface area contributed by atoms with Gasteiger partial charge in [0.25, 0.3) is 5.56 Å². The Morgan fingerprint density at radius 2 is 2.38 bits per heavy atom. The van der Waals surface area contributed by atoms with E-state index in [-0.39, 0.29) is 11.4 Å². The zero-order valence-electron chi connectivity index (χ0n) is 9.56. The molecule has 0 spiro atoms. The molecule has 0 aliphatic rings. The number of methoxy groups -OCH3 is 1. The third kappa shape index (κ3) is 2.59. The Bertz CT molecular complexity index is 428. The van der Waals surface area contributed by atoms with Gasteiger partial charge in [-0.25, -0.2) is 9.78 Å². The van der Waals surface area contributed by atoms with Crippen LogP contribution in [0.15, 0.2) is 17.2 Å². The number of rotatable bonds is 4. The van der Waals surface area contributed by atoms with Crippen LogP contribution in [0, 0.1) is 0 Å². The van der Waals surface area contributed by atoms with Gasteiger partial charge in [0.05, 0.1) is 7.11 Å². The van der Waals surface area contributed by atoms with Gasteiger partial charge in [-0.1, -0.05) is 0 Å². The predicted octanol–water partition coefficient (Wildman–Crippen LogP) is 0.237. The molecular formula is C10H15N3O3. The van der Waals surface area contributed by atoms with E-state index in [1.807, 2.05) is 6.92 Å². The largest absolute Gasteiger partial charge is 0.467 e. The number of carbonyl (C=O) groups is 1.